The minimum Gasteiger partial charge on any atom is -0.358 e. The monoisotopic (exact) mass is 192 g/mol. The summed E-state index contributed by atoms with van der Waals surface area (Å²) in [5.41, 5.74) is 0. The van der Waals surface area contributed by atoms with Crippen molar-refractivity contribution in [3.05, 3.63) is 29.2 Å². The van der Waals surface area contributed by atoms with Gasteiger partial charge in [0, 0.05) is 0 Å². The van der Waals surface area contributed by atoms with Crippen molar-refractivity contribution in [1.82, 2.24) is 0 Å². The zero-order valence-corrected chi connectivity index (χ0v) is 9.08. The quantitative estimate of drug-likeness (QED) is 0.562. The third-order valence-corrected chi connectivity index (χ3v) is 0.354. The number of rotatable bonds is 1. The Morgan fingerprint density at radius 2 is 1.25 bits per heavy atom. The van der Waals surface area contributed by atoms with Crippen molar-refractivity contribution in [3.8, 4) is 0 Å². The van der Waals surface area contributed by atoms with Crippen LogP contribution in [0.15, 0.2) is 0 Å². The normalized spacial score (nSPS) is 3.75. The van der Waals surface area contributed by atoms with Gasteiger partial charge in [-0.1, -0.05) is 13.3 Å². The van der Waals surface area contributed by atoms with Gasteiger partial charge < -0.3 is 29.2 Å². The van der Waals surface area contributed by atoms with Crippen molar-refractivity contribution in [1.29, 1.82) is 0 Å². The maximum atomic E-state index is 3.60. The van der Waals surface area contributed by atoms with E-state index in [2.05, 4.69) is 13.8 Å². The van der Waals surface area contributed by atoms with Gasteiger partial charge in [0.05, 0.1) is 0 Å². The van der Waals surface area contributed by atoms with Crippen LogP contribution >= 0.6 is 0 Å². The zero-order valence-electron chi connectivity index (χ0n) is 6.62. The Bertz CT molecular complexity index is 6.35. The third kappa shape index (κ3) is 67.2. The maximum Gasteiger partial charge on any atom is 4.00 e. The summed E-state index contributed by atoms with van der Waals surface area (Å²) in [6.07, 6.45) is 2.28. The van der Waals surface area contributed by atoms with Crippen molar-refractivity contribution < 1.29 is 26.2 Å². The fourth-order valence-electron chi connectivity index (χ4n) is 0. The summed E-state index contributed by atoms with van der Waals surface area (Å²) in [5.74, 6) is 0. The molecule has 0 aromatic heterocycles. The molecule has 0 rings (SSSR count). The standard InChI is InChI=1S/C4H9.3CH3.Zr/c1-3-4-2;;;;/h1,3-4H2,2H3;3*1H3;/q4*-1;+4. The first-order chi connectivity index (χ1) is 1.91. The van der Waals surface area contributed by atoms with Gasteiger partial charge in [-0.15, -0.1) is 0 Å². The Labute approximate surface area is 75.2 Å². The van der Waals surface area contributed by atoms with E-state index in [0.717, 1.165) is 6.42 Å². The van der Waals surface area contributed by atoms with Gasteiger partial charge in [0.15, 0.2) is 0 Å². The van der Waals surface area contributed by atoms with Gasteiger partial charge in [-0.3, -0.25) is 0 Å². The van der Waals surface area contributed by atoms with E-state index >= 15 is 0 Å². The molecule has 0 unspecified atom stereocenters. The molecule has 0 aromatic carbocycles. The summed E-state index contributed by atoms with van der Waals surface area (Å²) in [6.45, 7) is 5.72. The van der Waals surface area contributed by atoms with Gasteiger partial charge in [0.1, 0.15) is 0 Å². The molecule has 0 spiro atoms. The molecule has 0 atom stereocenters. The molecule has 0 saturated heterocycles. The molecule has 0 aliphatic heterocycles. The Morgan fingerprint density at radius 3 is 1.25 bits per heavy atom. The second-order valence-electron chi connectivity index (χ2n) is 0.854. The van der Waals surface area contributed by atoms with Gasteiger partial charge in [-0.2, -0.15) is 6.42 Å². The first kappa shape index (κ1) is 36.6. The molecular formula is C7H18Zr. The Balaban J connectivity index is -0.00000000750. The molecule has 0 amide bonds. The van der Waals surface area contributed by atoms with Crippen LogP contribution in [0.3, 0.4) is 0 Å². The number of hydrogen-bond donors (Lipinski definition) is 0. The van der Waals surface area contributed by atoms with Crippen LogP contribution in [0, 0.1) is 29.2 Å². The van der Waals surface area contributed by atoms with E-state index in [4.69, 9.17) is 0 Å². The Kier molecular flexibility index (Phi) is 206. The van der Waals surface area contributed by atoms with Crippen LogP contribution in [0.25, 0.3) is 0 Å². The molecule has 0 N–H and O–H groups in total. The molecule has 1 heteroatoms. The zero-order chi connectivity index (χ0) is 3.41. The first-order valence-electron chi connectivity index (χ1n) is 1.71. The van der Waals surface area contributed by atoms with Crippen LogP contribution in [-0.4, -0.2) is 0 Å². The average molecular weight is 193 g/mol. The second kappa shape index (κ2) is 44.9. The van der Waals surface area contributed by atoms with E-state index in [1.54, 1.807) is 0 Å². The molecule has 0 nitrogen and oxygen atoms in total. The molecule has 50 valence electrons. The first-order valence-corrected chi connectivity index (χ1v) is 1.71. The second-order valence-corrected chi connectivity index (χ2v) is 0.854. The van der Waals surface area contributed by atoms with Crippen molar-refractivity contribution in [2.24, 2.45) is 0 Å². The molecular weight excluding hydrogens is 175 g/mol. The topological polar surface area (TPSA) is 0 Å². The van der Waals surface area contributed by atoms with Crippen LogP contribution in [0.1, 0.15) is 19.8 Å². The summed E-state index contributed by atoms with van der Waals surface area (Å²) in [6, 6.07) is 0. The minimum absolute atomic E-state index is 0. The Hall–Kier alpha value is 0.883. The summed E-state index contributed by atoms with van der Waals surface area (Å²) in [7, 11) is 0. The molecule has 0 aliphatic rings. The van der Waals surface area contributed by atoms with E-state index in [-0.39, 0.29) is 48.5 Å². The van der Waals surface area contributed by atoms with Gasteiger partial charge in [-0.05, 0) is 0 Å². The summed E-state index contributed by atoms with van der Waals surface area (Å²) in [4.78, 5) is 0. The van der Waals surface area contributed by atoms with Gasteiger partial charge in [-0.25, -0.2) is 0 Å². The van der Waals surface area contributed by atoms with Crippen molar-refractivity contribution in [2.75, 3.05) is 0 Å². The predicted molar refractivity (Wildman–Crippen MR) is 39.5 cm³/mol. The number of hydrogen-bond acceptors (Lipinski definition) is 0. The summed E-state index contributed by atoms with van der Waals surface area (Å²) < 4.78 is 0. The molecule has 0 saturated carbocycles. The van der Waals surface area contributed by atoms with E-state index in [0.29, 0.717) is 0 Å². The molecule has 0 aromatic rings. The van der Waals surface area contributed by atoms with Gasteiger partial charge in [0.2, 0.25) is 0 Å². The molecule has 0 bridgehead atoms. The van der Waals surface area contributed by atoms with E-state index in [1.165, 1.54) is 6.42 Å². The van der Waals surface area contributed by atoms with Crippen molar-refractivity contribution in [2.45, 2.75) is 19.8 Å². The molecule has 0 heterocycles. The Morgan fingerprint density at radius 1 is 1.12 bits per heavy atom. The predicted octanol–water partition coefficient (Wildman–Crippen LogP) is 2.97. The third-order valence-electron chi connectivity index (χ3n) is 0.354. The van der Waals surface area contributed by atoms with Crippen molar-refractivity contribution in [3.63, 3.8) is 0 Å². The maximum absolute atomic E-state index is 3.60. The summed E-state index contributed by atoms with van der Waals surface area (Å²) in [5, 5.41) is 0. The van der Waals surface area contributed by atoms with E-state index in [9.17, 15) is 0 Å². The van der Waals surface area contributed by atoms with E-state index in [1.807, 2.05) is 0 Å². The number of unbranched alkanes of at least 4 members (excludes halogenated alkanes) is 1. The van der Waals surface area contributed by atoms with Gasteiger partial charge in [0.25, 0.3) is 0 Å². The largest absolute Gasteiger partial charge is 4.00 e. The fourth-order valence-corrected chi connectivity index (χ4v) is 0. The molecule has 0 radical (unpaired) electrons. The molecule has 8 heavy (non-hydrogen) atoms. The van der Waals surface area contributed by atoms with E-state index < -0.39 is 0 Å². The SMILES string of the molecule is [CH2-]CCC.[CH3-].[CH3-].[CH3-].[Zr+4]. The smallest absolute Gasteiger partial charge is 0.358 e. The molecule has 0 fully saturated rings. The van der Waals surface area contributed by atoms with Crippen molar-refractivity contribution >= 4 is 0 Å². The van der Waals surface area contributed by atoms with Crippen LogP contribution in [-0.2, 0) is 26.2 Å². The summed E-state index contributed by atoms with van der Waals surface area (Å²) >= 11 is 0. The van der Waals surface area contributed by atoms with Crippen LogP contribution in [0.2, 0.25) is 0 Å². The average Bonchev–Trinajstić information content (AvgIpc) is 1.37. The van der Waals surface area contributed by atoms with Crippen LogP contribution in [0.4, 0.5) is 0 Å². The minimum atomic E-state index is 0. The van der Waals surface area contributed by atoms with Crippen LogP contribution < -0.4 is 0 Å². The fraction of sp³-hybridized carbons (Fsp3) is 0.429. The molecule has 0 aliphatic carbocycles. The van der Waals surface area contributed by atoms with Crippen LogP contribution in [0.5, 0.6) is 0 Å². The van der Waals surface area contributed by atoms with Gasteiger partial charge >= 0.3 is 26.2 Å².